The van der Waals surface area contributed by atoms with Crippen LogP contribution in [-0.2, 0) is 0 Å². The number of ether oxygens (including phenoxy) is 1. The Balaban J connectivity index is 2.04. The Morgan fingerprint density at radius 2 is 2.11 bits per heavy atom. The molecule has 2 aromatic heterocycles. The van der Waals surface area contributed by atoms with Crippen molar-refractivity contribution in [2.45, 2.75) is 6.92 Å². The second-order valence-electron chi connectivity index (χ2n) is 4.11. The molecule has 0 atom stereocenters. The van der Waals surface area contributed by atoms with Gasteiger partial charge in [0.05, 0.1) is 12.3 Å². The van der Waals surface area contributed by atoms with Gasteiger partial charge in [-0.15, -0.1) is 0 Å². The fourth-order valence-electron chi connectivity index (χ4n) is 1.96. The Morgan fingerprint density at radius 1 is 1.32 bits per heavy atom. The molecule has 96 valence electrons. The molecule has 3 rings (SSSR count). The molecule has 0 spiro atoms. The van der Waals surface area contributed by atoms with Gasteiger partial charge >= 0.3 is 0 Å². The number of aromatic amines is 1. The van der Waals surface area contributed by atoms with Gasteiger partial charge in [-0.05, 0) is 37.3 Å². The van der Waals surface area contributed by atoms with Crippen molar-refractivity contribution in [3.63, 3.8) is 0 Å². The van der Waals surface area contributed by atoms with Crippen LogP contribution < -0.4 is 10.3 Å². The van der Waals surface area contributed by atoms with E-state index in [1.807, 2.05) is 31.2 Å². The smallest absolute Gasteiger partial charge is 0.273 e. The molecule has 0 bridgehead atoms. The second kappa shape index (κ2) is 4.61. The van der Waals surface area contributed by atoms with Crippen LogP contribution in [0.15, 0.2) is 47.5 Å². The molecule has 0 aliphatic rings. The van der Waals surface area contributed by atoms with E-state index in [1.54, 1.807) is 23.0 Å². The van der Waals surface area contributed by atoms with Crippen molar-refractivity contribution in [2.75, 3.05) is 6.61 Å². The number of nitrogens with one attached hydrogen (secondary N) is 1. The molecule has 0 radical (unpaired) electrons. The van der Waals surface area contributed by atoms with Crippen LogP contribution in [0.3, 0.4) is 0 Å². The van der Waals surface area contributed by atoms with Gasteiger partial charge < -0.3 is 9.72 Å². The molecular weight excluding hydrogens is 242 g/mol. The molecule has 5 nitrogen and oxygen atoms in total. The molecule has 1 aromatic carbocycles. The van der Waals surface area contributed by atoms with Crippen LogP contribution in [0.1, 0.15) is 6.92 Å². The summed E-state index contributed by atoms with van der Waals surface area (Å²) in [5.41, 5.74) is 2.10. The van der Waals surface area contributed by atoms with E-state index in [4.69, 9.17) is 4.74 Å². The van der Waals surface area contributed by atoms with Gasteiger partial charge in [-0.1, -0.05) is 0 Å². The van der Waals surface area contributed by atoms with E-state index in [9.17, 15) is 4.79 Å². The second-order valence-corrected chi connectivity index (χ2v) is 4.11. The Hall–Kier alpha value is -2.56. The maximum Gasteiger partial charge on any atom is 0.273 e. The van der Waals surface area contributed by atoms with Crippen molar-refractivity contribution in [1.82, 2.24) is 14.6 Å². The highest BCUT2D eigenvalue weighted by Crippen LogP contribution is 2.21. The molecule has 5 heteroatoms. The Morgan fingerprint density at radius 3 is 2.79 bits per heavy atom. The van der Waals surface area contributed by atoms with E-state index in [2.05, 4.69) is 10.1 Å². The maximum absolute atomic E-state index is 11.6. The third kappa shape index (κ3) is 2.10. The molecular formula is C14H13N3O2. The van der Waals surface area contributed by atoms with Crippen LogP contribution in [0, 0.1) is 0 Å². The van der Waals surface area contributed by atoms with Crippen LogP contribution >= 0.6 is 0 Å². The predicted molar refractivity (Wildman–Crippen MR) is 72.4 cm³/mol. The van der Waals surface area contributed by atoms with Crippen LogP contribution in [0.2, 0.25) is 0 Å². The van der Waals surface area contributed by atoms with Crippen molar-refractivity contribution >= 4 is 5.52 Å². The SMILES string of the molecule is CCOc1ccc(-c2cc3c(=O)[nH]ccn3n2)cc1. The van der Waals surface area contributed by atoms with Crippen molar-refractivity contribution in [1.29, 1.82) is 0 Å². The minimum atomic E-state index is -0.146. The molecule has 0 saturated carbocycles. The van der Waals surface area contributed by atoms with Crippen LogP contribution in [0.5, 0.6) is 5.75 Å². The number of rotatable bonds is 3. The fraction of sp³-hybridized carbons (Fsp3) is 0.143. The van der Waals surface area contributed by atoms with Crippen molar-refractivity contribution < 1.29 is 4.74 Å². The van der Waals surface area contributed by atoms with Gasteiger partial charge in [0.25, 0.3) is 5.56 Å². The highest BCUT2D eigenvalue weighted by molar-refractivity contribution is 5.65. The van der Waals surface area contributed by atoms with Crippen LogP contribution in [-0.4, -0.2) is 21.2 Å². The van der Waals surface area contributed by atoms with E-state index >= 15 is 0 Å². The Labute approximate surface area is 109 Å². The standard InChI is InChI=1S/C14H13N3O2/c1-2-19-11-5-3-10(4-6-11)12-9-13-14(18)15-7-8-17(13)16-12/h3-9H,2H2,1H3,(H,15,18). The molecule has 0 amide bonds. The number of fused-ring (bicyclic) bond motifs is 1. The highest BCUT2D eigenvalue weighted by atomic mass is 16.5. The summed E-state index contributed by atoms with van der Waals surface area (Å²) in [7, 11) is 0. The molecule has 0 unspecified atom stereocenters. The summed E-state index contributed by atoms with van der Waals surface area (Å²) in [5, 5.41) is 4.38. The largest absolute Gasteiger partial charge is 0.494 e. The number of nitrogens with zero attached hydrogens (tertiary/aromatic N) is 2. The number of benzene rings is 1. The highest BCUT2D eigenvalue weighted by Gasteiger charge is 2.06. The molecule has 0 fully saturated rings. The zero-order valence-corrected chi connectivity index (χ0v) is 10.5. The first-order chi connectivity index (χ1) is 9.28. The van der Waals surface area contributed by atoms with E-state index in [0.29, 0.717) is 12.1 Å². The first-order valence-electron chi connectivity index (χ1n) is 6.08. The average Bonchev–Trinajstić information content (AvgIpc) is 2.85. The van der Waals surface area contributed by atoms with Crippen LogP contribution in [0.4, 0.5) is 0 Å². The number of aromatic nitrogens is 3. The van der Waals surface area contributed by atoms with E-state index in [1.165, 1.54) is 0 Å². The van der Waals surface area contributed by atoms with Gasteiger partial charge in [-0.2, -0.15) is 5.10 Å². The summed E-state index contributed by atoms with van der Waals surface area (Å²) in [5.74, 6) is 0.827. The Bertz CT molecular complexity index is 756. The monoisotopic (exact) mass is 255 g/mol. The number of hydrogen-bond acceptors (Lipinski definition) is 3. The van der Waals surface area contributed by atoms with E-state index in [0.717, 1.165) is 17.0 Å². The van der Waals surface area contributed by atoms with Crippen molar-refractivity contribution in [3.8, 4) is 17.0 Å². The van der Waals surface area contributed by atoms with Crippen LogP contribution in [0.25, 0.3) is 16.8 Å². The first-order valence-corrected chi connectivity index (χ1v) is 6.08. The lowest BCUT2D eigenvalue weighted by Gasteiger charge is -2.02. The lowest BCUT2D eigenvalue weighted by Crippen LogP contribution is -2.07. The van der Waals surface area contributed by atoms with Gasteiger partial charge in [0.2, 0.25) is 0 Å². The zero-order valence-electron chi connectivity index (χ0n) is 10.5. The predicted octanol–water partition coefficient (Wildman–Crippen LogP) is 2.09. The summed E-state index contributed by atoms with van der Waals surface area (Å²) in [4.78, 5) is 14.3. The summed E-state index contributed by atoms with van der Waals surface area (Å²) in [6.07, 6.45) is 3.29. The normalized spacial score (nSPS) is 10.8. The minimum Gasteiger partial charge on any atom is -0.494 e. The molecule has 0 saturated heterocycles. The average molecular weight is 255 g/mol. The van der Waals surface area contributed by atoms with Gasteiger partial charge in [-0.3, -0.25) is 4.79 Å². The summed E-state index contributed by atoms with van der Waals surface area (Å²) in [6, 6.07) is 9.43. The van der Waals surface area contributed by atoms with Gasteiger partial charge in [0.15, 0.2) is 0 Å². The maximum atomic E-state index is 11.6. The van der Waals surface area contributed by atoms with E-state index in [-0.39, 0.29) is 5.56 Å². The van der Waals surface area contributed by atoms with Gasteiger partial charge in [0.1, 0.15) is 11.3 Å². The number of hydrogen-bond donors (Lipinski definition) is 1. The molecule has 2 heterocycles. The summed E-state index contributed by atoms with van der Waals surface area (Å²) >= 11 is 0. The topological polar surface area (TPSA) is 59.4 Å². The van der Waals surface area contributed by atoms with Gasteiger partial charge in [-0.25, -0.2) is 4.52 Å². The van der Waals surface area contributed by atoms with E-state index < -0.39 is 0 Å². The molecule has 3 aromatic rings. The third-order valence-corrected chi connectivity index (χ3v) is 2.86. The molecule has 1 N–H and O–H groups in total. The fourth-order valence-corrected chi connectivity index (χ4v) is 1.96. The quantitative estimate of drug-likeness (QED) is 0.779. The summed E-state index contributed by atoms with van der Waals surface area (Å²) < 4.78 is 6.97. The molecule has 0 aliphatic carbocycles. The number of H-pyrrole nitrogens is 1. The molecule has 19 heavy (non-hydrogen) atoms. The first kappa shape index (κ1) is 11.5. The lowest BCUT2D eigenvalue weighted by atomic mass is 10.1. The Kier molecular flexibility index (Phi) is 2.79. The lowest BCUT2D eigenvalue weighted by molar-refractivity contribution is 0.340. The minimum absolute atomic E-state index is 0.146. The third-order valence-electron chi connectivity index (χ3n) is 2.86. The summed E-state index contributed by atoms with van der Waals surface area (Å²) in [6.45, 7) is 2.59. The van der Waals surface area contributed by atoms with Crippen molar-refractivity contribution in [3.05, 3.63) is 53.1 Å². The van der Waals surface area contributed by atoms with Gasteiger partial charge in [0, 0.05) is 18.0 Å². The van der Waals surface area contributed by atoms with Crippen molar-refractivity contribution in [2.24, 2.45) is 0 Å². The zero-order chi connectivity index (χ0) is 13.2. The molecule has 0 aliphatic heterocycles.